The summed E-state index contributed by atoms with van der Waals surface area (Å²) in [6.45, 7) is 6.85. The topological polar surface area (TPSA) is 46.3 Å². The average Bonchev–Trinajstić information content (AvgIpc) is 2.42. The van der Waals surface area contributed by atoms with Gasteiger partial charge in [0.15, 0.2) is 5.78 Å². The number of hydrogen-bond donors (Lipinski definition) is 1. The lowest BCUT2D eigenvalue weighted by atomic mass is 9.99. The van der Waals surface area contributed by atoms with Crippen molar-refractivity contribution in [1.29, 1.82) is 0 Å². The Labute approximate surface area is 122 Å². The maximum absolute atomic E-state index is 12.1. The van der Waals surface area contributed by atoms with E-state index < -0.39 is 0 Å². The lowest BCUT2D eigenvalue weighted by molar-refractivity contribution is -0.119. The van der Waals surface area contributed by atoms with Crippen molar-refractivity contribution in [3.63, 3.8) is 0 Å². The largest absolute Gasteiger partial charge is 0.328 e. The van der Waals surface area contributed by atoms with Gasteiger partial charge in [-0.15, -0.1) is 0 Å². The smallest absolute Gasteiger partial charge is 0.151 e. The molecule has 0 saturated carbocycles. The molecule has 0 amide bonds. The summed E-state index contributed by atoms with van der Waals surface area (Å²) in [6.07, 6.45) is 2.56. The molecule has 0 unspecified atom stereocenters. The van der Waals surface area contributed by atoms with Crippen molar-refractivity contribution in [2.45, 2.75) is 45.1 Å². The number of ketones is 1. The lowest BCUT2D eigenvalue weighted by Gasteiger charge is -2.29. The van der Waals surface area contributed by atoms with Crippen molar-refractivity contribution >= 4 is 5.78 Å². The molecular weight excluding hydrogens is 248 g/mol. The number of benzene rings is 1. The van der Waals surface area contributed by atoms with Gasteiger partial charge >= 0.3 is 0 Å². The van der Waals surface area contributed by atoms with E-state index in [-0.39, 0.29) is 0 Å². The summed E-state index contributed by atoms with van der Waals surface area (Å²) in [6, 6.07) is 8.75. The highest BCUT2D eigenvalue weighted by molar-refractivity contribution is 5.82. The van der Waals surface area contributed by atoms with Crippen molar-refractivity contribution in [2.75, 3.05) is 19.6 Å². The zero-order chi connectivity index (χ0) is 14.5. The molecule has 1 aliphatic heterocycles. The third-order valence-corrected chi connectivity index (χ3v) is 4.08. The molecule has 0 radical (unpaired) electrons. The van der Waals surface area contributed by atoms with Crippen LogP contribution in [-0.4, -0.2) is 36.4 Å². The Morgan fingerprint density at radius 3 is 2.40 bits per heavy atom. The van der Waals surface area contributed by atoms with Crippen LogP contribution in [0.3, 0.4) is 0 Å². The Morgan fingerprint density at radius 1 is 1.25 bits per heavy atom. The van der Waals surface area contributed by atoms with Gasteiger partial charge in [-0.2, -0.15) is 0 Å². The molecule has 0 spiro atoms. The fraction of sp³-hybridized carbons (Fsp3) is 0.588. The standard InChI is InChI=1S/C17H26N2O/c1-13(2)15-5-3-14(4-6-15)11-17(20)12-19-9-7-16(18)8-10-19/h3-6,13,16H,7-12,18H2,1-2H3. The molecular formula is C17H26N2O. The second-order valence-corrected chi connectivity index (χ2v) is 6.23. The molecule has 2 N–H and O–H groups in total. The minimum absolute atomic E-state index is 0.303. The first kappa shape index (κ1) is 15.2. The maximum Gasteiger partial charge on any atom is 0.151 e. The summed E-state index contributed by atoms with van der Waals surface area (Å²) < 4.78 is 0. The minimum atomic E-state index is 0.303. The SMILES string of the molecule is CC(C)c1ccc(CC(=O)CN2CCC(N)CC2)cc1. The number of nitrogens with two attached hydrogens (primary N) is 1. The molecule has 1 aromatic carbocycles. The van der Waals surface area contributed by atoms with E-state index in [9.17, 15) is 4.79 Å². The highest BCUT2D eigenvalue weighted by Crippen LogP contribution is 2.15. The van der Waals surface area contributed by atoms with Gasteiger partial charge in [0, 0.05) is 25.6 Å². The van der Waals surface area contributed by atoms with Crippen LogP contribution in [0.1, 0.15) is 43.7 Å². The van der Waals surface area contributed by atoms with Crippen molar-refractivity contribution in [3.8, 4) is 0 Å². The Kier molecular flexibility index (Phi) is 5.32. The number of hydrogen-bond acceptors (Lipinski definition) is 3. The van der Waals surface area contributed by atoms with Gasteiger partial charge in [-0.1, -0.05) is 38.1 Å². The Bertz CT molecular complexity index is 431. The number of likely N-dealkylation sites (tertiary alicyclic amines) is 1. The van der Waals surface area contributed by atoms with E-state index in [2.05, 4.69) is 43.0 Å². The first-order valence-corrected chi connectivity index (χ1v) is 7.63. The van der Waals surface area contributed by atoms with E-state index in [0.29, 0.717) is 30.7 Å². The summed E-state index contributed by atoms with van der Waals surface area (Å²) in [4.78, 5) is 14.3. The number of piperidine rings is 1. The van der Waals surface area contributed by atoms with Gasteiger partial charge in [-0.25, -0.2) is 0 Å². The fourth-order valence-electron chi connectivity index (χ4n) is 2.66. The Morgan fingerprint density at radius 2 is 1.85 bits per heavy atom. The van der Waals surface area contributed by atoms with E-state index in [1.54, 1.807) is 0 Å². The van der Waals surface area contributed by atoms with Crippen molar-refractivity contribution < 1.29 is 4.79 Å². The summed E-state index contributed by atoms with van der Waals surface area (Å²) in [7, 11) is 0. The summed E-state index contributed by atoms with van der Waals surface area (Å²) in [5.74, 6) is 0.843. The average molecular weight is 274 g/mol. The van der Waals surface area contributed by atoms with Crippen LogP contribution in [-0.2, 0) is 11.2 Å². The maximum atomic E-state index is 12.1. The van der Waals surface area contributed by atoms with E-state index in [4.69, 9.17) is 5.73 Å². The molecule has 1 heterocycles. The summed E-state index contributed by atoms with van der Waals surface area (Å²) in [5, 5.41) is 0. The molecule has 3 heteroatoms. The van der Waals surface area contributed by atoms with Gasteiger partial charge in [-0.05, 0) is 29.9 Å². The normalized spacial score (nSPS) is 17.6. The number of rotatable bonds is 5. The second-order valence-electron chi connectivity index (χ2n) is 6.23. The zero-order valence-electron chi connectivity index (χ0n) is 12.6. The Hall–Kier alpha value is -1.19. The molecule has 0 aromatic heterocycles. The van der Waals surface area contributed by atoms with Gasteiger partial charge < -0.3 is 5.73 Å². The van der Waals surface area contributed by atoms with Crippen molar-refractivity contribution in [1.82, 2.24) is 4.90 Å². The highest BCUT2D eigenvalue weighted by atomic mass is 16.1. The monoisotopic (exact) mass is 274 g/mol. The van der Waals surface area contributed by atoms with Crippen LogP contribution in [0.5, 0.6) is 0 Å². The summed E-state index contributed by atoms with van der Waals surface area (Å²) >= 11 is 0. The molecule has 2 rings (SSSR count). The molecule has 3 nitrogen and oxygen atoms in total. The van der Waals surface area contributed by atoms with Gasteiger partial charge in [0.1, 0.15) is 0 Å². The first-order chi connectivity index (χ1) is 9.54. The Balaban J connectivity index is 1.82. The van der Waals surface area contributed by atoms with Crippen LogP contribution < -0.4 is 5.73 Å². The van der Waals surface area contributed by atoms with Gasteiger partial charge in [0.05, 0.1) is 6.54 Å². The number of nitrogens with zero attached hydrogens (tertiary/aromatic N) is 1. The molecule has 1 saturated heterocycles. The lowest BCUT2D eigenvalue weighted by Crippen LogP contribution is -2.42. The third-order valence-electron chi connectivity index (χ3n) is 4.08. The van der Waals surface area contributed by atoms with Crippen LogP contribution in [0.15, 0.2) is 24.3 Å². The van der Waals surface area contributed by atoms with E-state index in [1.165, 1.54) is 5.56 Å². The predicted octanol–water partition coefficient (Wildman–Crippen LogP) is 2.34. The summed E-state index contributed by atoms with van der Waals surface area (Å²) in [5.41, 5.74) is 8.32. The van der Waals surface area contributed by atoms with Crippen LogP contribution in [0.2, 0.25) is 0 Å². The van der Waals surface area contributed by atoms with Gasteiger partial charge in [-0.3, -0.25) is 9.69 Å². The van der Waals surface area contributed by atoms with E-state index in [0.717, 1.165) is 31.5 Å². The second kappa shape index (κ2) is 7.00. The molecule has 20 heavy (non-hydrogen) atoms. The zero-order valence-corrected chi connectivity index (χ0v) is 12.6. The van der Waals surface area contributed by atoms with Gasteiger partial charge in [0.2, 0.25) is 0 Å². The minimum Gasteiger partial charge on any atom is -0.328 e. The third kappa shape index (κ3) is 4.43. The molecule has 1 aromatic rings. The molecule has 0 bridgehead atoms. The number of carbonyl (C=O) groups is 1. The van der Waals surface area contributed by atoms with Crippen LogP contribution >= 0.6 is 0 Å². The fourth-order valence-corrected chi connectivity index (χ4v) is 2.66. The molecule has 110 valence electrons. The van der Waals surface area contributed by atoms with E-state index in [1.807, 2.05) is 0 Å². The van der Waals surface area contributed by atoms with Crippen molar-refractivity contribution in [3.05, 3.63) is 35.4 Å². The molecule has 1 fully saturated rings. The van der Waals surface area contributed by atoms with Crippen molar-refractivity contribution in [2.24, 2.45) is 5.73 Å². The van der Waals surface area contributed by atoms with Crippen LogP contribution in [0.4, 0.5) is 0 Å². The number of carbonyl (C=O) groups excluding carboxylic acids is 1. The molecule has 0 atom stereocenters. The first-order valence-electron chi connectivity index (χ1n) is 7.63. The van der Waals surface area contributed by atoms with E-state index >= 15 is 0 Å². The molecule has 0 aliphatic carbocycles. The van der Waals surface area contributed by atoms with Gasteiger partial charge in [0.25, 0.3) is 0 Å². The quantitative estimate of drug-likeness (QED) is 0.896. The highest BCUT2D eigenvalue weighted by Gasteiger charge is 2.18. The number of Topliss-reactive ketones (excluding diaryl/α,β-unsaturated/α-hetero) is 1. The van der Waals surface area contributed by atoms with Crippen LogP contribution in [0, 0.1) is 0 Å². The molecule has 1 aliphatic rings. The van der Waals surface area contributed by atoms with Crippen LogP contribution in [0.25, 0.3) is 0 Å². The predicted molar refractivity (Wildman–Crippen MR) is 82.9 cm³/mol.